The van der Waals surface area contributed by atoms with Gasteiger partial charge >= 0.3 is 0 Å². The molecule has 1 saturated carbocycles. The summed E-state index contributed by atoms with van der Waals surface area (Å²) in [5.41, 5.74) is 0.756. The number of carbonyl (C=O) groups excluding carboxylic acids is 2. The SMILES string of the molecule is O=C(CC1CC1)N1C[C@@H]2[C@@H](C1)OCC(=O)N2Cc1cccc(F)c1. The van der Waals surface area contributed by atoms with Gasteiger partial charge < -0.3 is 14.5 Å². The van der Waals surface area contributed by atoms with Gasteiger partial charge in [-0.05, 0) is 36.5 Å². The second-order valence-electron chi connectivity index (χ2n) is 7.01. The van der Waals surface area contributed by atoms with E-state index in [0.29, 0.717) is 32.0 Å². The molecule has 128 valence electrons. The number of halogens is 1. The number of morpholine rings is 1. The lowest BCUT2D eigenvalue weighted by Gasteiger charge is -2.36. The molecule has 3 aliphatic rings. The van der Waals surface area contributed by atoms with E-state index in [4.69, 9.17) is 4.74 Å². The fraction of sp³-hybridized carbons (Fsp3) is 0.556. The molecular weight excluding hydrogens is 311 g/mol. The zero-order chi connectivity index (χ0) is 16.7. The van der Waals surface area contributed by atoms with E-state index >= 15 is 0 Å². The van der Waals surface area contributed by atoms with Crippen molar-refractivity contribution >= 4 is 11.8 Å². The summed E-state index contributed by atoms with van der Waals surface area (Å²) in [6.07, 6.45) is 2.76. The fourth-order valence-corrected chi connectivity index (χ4v) is 3.61. The van der Waals surface area contributed by atoms with Crippen LogP contribution in [0.25, 0.3) is 0 Å². The Kier molecular flexibility index (Phi) is 4.00. The van der Waals surface area contributed by atoms with Crippen molar-refractivity contribution in [3.63, 3.8) is 0 Å². The summed E-state index contributed by atoms with van der Waals surface area (Å²) in [6, 6.07) is 6.15. The molecule has 1 aliphatic carbocycles. The monoisotopic (exact) mass is 332 g/mol. The molecule has 0 spiro atoms. The molecule has 0 bridgehead atoms. The summed E-state index contributed by atoms with van der Waals surface area (Å²) >= 11 is 0. The number of ether oxygens (including phenoxy) is 1. The van der Waals surface area contributed by atoms with Crippen molar-refractivity contribution in [2.75, 3.05) is 19.7 Å². The number of nitrogens with zero attached hydrogens (tertiary/aromatic N) is 2. The predicted molar refractivity (Wildman–Crippen MR) is 84.4 cm³/mol. The molecule has 2 amide bonds. The van der Waals surface area contributed by atoms with Crippen molar-refractivity contribution in [2.24, 2.45) is 5.92 Å². The van der Waals surface area contributed by atoms with Crippen molar-refractivity contribution < 1.29 is 18.7 Å². The highest BCUT2D eigenvalue weighted by Gasteiger charge is 2.45. The van der Waals surface area contributed by atoms with Crippen LogP contribution in [-0.2, 0) is 20.9 Å². The minimum Gasteiger partial charge on any atom is -0.364 e. The molecule has 0 aromatic heterocycles. The molecule has 6 heteroatoms. The molecule has 0 unspecified atom stereocenters. The number of hydrogen-bond donors (Lipinski definition) is 0. The Labute approximate surface area is 140 Å². The van der Waals surface area contributed by atoms with Crippen LogP contribution < -0.4 is 0 Å². The molecule has 0 radical (unpaired) electrons. The Morgan fingerprint density at radius 1 is 1.29 bits per heavy atom. The predicted octanol–water partition coefficient (Wildman–Crippen LogP) is 1.56. The van der Waals surface area contributed by atoms with E-state index in [2.05, 4.69) is 0 Å². The van der Waals surface area contributed by atoms with Crippen LogP contribution in [0.15, 0.2) is 24.3 Å². The van der Waals surface area contributed by atoms with Gasteiger partial charge in [0.05, 0.1) is 12.1 Å². The van der Waals surface area contributed by atoms with Gasteiger partial charge in [-0.2, -0.15) is 0 Å². The first-order valence-electron chi connectivity index (χ1n) is 8.53. The number of hydrogen-bond acceptors (Lipinski definition) is 3. The Morgan fingerprint density at radius 2 is 2.12 bits per heavy atom. The Hall–Kier alpha value is -1.95. The maximum atomic E-state index is 13.4. The largest absolute Gasteiger partial charge is 0.364 e. The van der Waals surface area contributed by atoms with Gasteiger partial charge in [0.25, 0.3) is 0 Å². The first-order valence-corrected chi connectivity index (χ1v) is 8.53. The lowest BCUT2D eigenvalue weighted by molar-refractivity contribution is -0.153. The molecule has 0 N–H and O–H groups in total. The fourth-order valence-electron chi connectivity index (χ4n) is 3.61. The zero-order valence-corrected chi connectivity index (χ0v) is 13.5. The molecule has 3 fully saturated rings. The molecule has 5 nitrogen and oxygen atoms in total. The van der Waals surface area contributed by atoms with Crippen LogP contribution in [-0.4, -0.2) is 53.5 Å². The van der Waals surface area contributed by atoms with Crippen molar-refractivity contribution in [2.45, 2.75) is 38.0 Å². The first-order chi connectivity index (χ1) is 11.6. The van der Waals surface area contributed by atoms with Crippen LogP contribution in [0.4, 0.5) is 4.39 Å². The highest BCUT2D eigenvalue weighted by atomic mass is 19.1. The number of rotatable bonds is 4. The summed E-state index contributed by atoms with van der Waals surface area (Å²) in [5.74, 6) is 0.300. The third-order valence-corrected chi connectivity index (χ3v) is 5.13. The molecule has 24 heavy (non-hydrogen) atoms. The summed E-state index contributed by atoms with van der Waals surface area (Å²) in [5, 5.41) is 0. The van der Waals surface area contributed by atoms with E-state index in [-0.39, 0.29) is 36.4 Å². The van der Waals surface area contributed by atoms with Gasteiger partial charge in [0, 0.05) is 26.1 Å². The van der Waals surface area contributed by atoms with E-state index in [9.17, 15) is 14.0 Å². The van der Waals surface area contributed by atoms with Crippen molar-refractivity contribution in [3.05, 3.63) is 35.6 Å². The van der Waals surface area contributed by atoms with Gasteiger partial charge in [0.1, 0.15) is 12.4 Å². The third kappa shape index (κ3) is 3.15. The quantitative estimate of drug-likeness (QED) is 0.841. The number of carbonyl (C=O) groups is 2. The lowest BCUT2D eigenvalue weighted by atomic mass is 10.1. The zero-order valence-electron chi connectivity index (χ0n) is 13.5. The first kappa shape index (κ1) is 15.6. The molecule has 2 aliphatic heterocycles. The average molecular weight is 332 g/mol. The van der Waals surface area contributed by atoms with Crippen LogP contribution in [0.1, 0.15) is 24.8 Å². The Morgan fingerprint density at radius 3 is 2.88 bits per heavy atom. The van der Waals surface area contributed by atoms with E-state index in [1.54, 1.807) is 11.0 Å². The van der Waals surface area contributed by atoms with Crippen molar-refractivity contribution in [3.8, 4) is 0 Å². The maximum Gasteiger partial charge on any atom is 0.249 e. The summed E-state index contributed by atoms with van der Waals surface area (Å²) in [7, 11) is 0. The van der Waals surface area contributed by atoms with Gasteiger partial charge in [-0.25, -0.2) is 4.39 Å². The van der Waals surface area contributed by atoms with Crippen LogP contribution >= 0.6 is 0 Å². The number of benzene rings is 1. The van der Waals surface area contributed by atoms with E-state index in [0.717, 1.165) is 18.4 Å². The maximum absolute atomic E-state index is 13.4. The van der Waals surface area contributed by atoms with Gasteiger partial charge in [-0.3, -0.25) is 9.59 Å². The summed E-state index contributed by atoms with van der Waals surface area (Å²) < 4.78 is 19.0. The van der Waals surface area contributed by atoms with Crippen LogP contribution in [0.2, 0.25) is 0 Å². The van der Waals surface area contributed by atoms with Gasteiger partial charge in [-0.15, -0.1) is 0 Å². The minimum atomic E-state index is -0.308. The van der Waals surface area contributed by atoms with Gasteiger partial charge in [0.2, 0.25) is 11.8 Å². The number of likely N-dealkylation sites (tertiary alicyclic amines) is 1. The molecule has 1 aromatic carbocycles. The topological polar surface area (TPSA) is 49.9 Å². The summed E-state index contributed by atoms with van der Waals surface area (Å²) in [6.45, 7) is 1.44. The minimum absolute atomic E-state index is 0.0289. The Balaban J connectivity index is 1.47. The number of fused-ring (bicyclic) bond motifs is 1. The second-order valence-corrected chi connectivity index (χ2v) is 7.01. The highest BCUT2D eigenvalue weighted by Crippen LogP contribution is 2.34. The van der Waals surface area contributed by atoms with Gasteiger partial charge in [-0.1, -0.05) is 12.1 Å². The second kappa shape index (κ2) is 6.16. The van der Waals surface area contributed by atoms with Crippen LogP contribution in [0.3, 0.4) is 0 Å². The van der Waals surface area contributed by atoms with Gasteiger partial charge in [0.15, 0.2) is 0 Å². The average Bonchev–Trinajstić information content (AvgIpc) is 3.25. The van der Waals surface area contributed by atoms with Crippen LogP contribution in [0, 0.1) is 11.7 Å². The molecule has 1 aromatic rings. The van der Waals surface area contributed by atoms with Crippen LogP contribution in [0.5, 0.6) is 0 Å². The van der Waals surface area contributed by atoms with Crippen molar-refractivity contribution in [1.82, 2.24) is 9.80 Å². The third-order valence-electron chi connectivity index (χ3n) is 5.13. The number of amides is 2. The van der Waals surface area contributed by atoms with E-state index in [1.807, 2.05) is 11.0 Å². The molecule has 2 atom stereocenters. The Bertz CT molecular complexity index is 661. The molecule has 4 rings (SSSR count). The molecular formula is C18H21FN2O3. The highest BCUT2D eigenvalue weighted by molar-refractivity contribution is 5.80. The van der Waals surface area contributed by atoms with Crippen molar-refractivity contribution in [1.29, 1.82) is 0 Å². The lowest BCUT2D eigenvalue weighted by Crippen LogP contribution is -2.53. The normalized spacial score (nSPS) is 26.6. The van der Waals surface area contributed by atoms with E-state index < -0.39 is 0 Å². The molecule has 2 saturated heterocycles. The smallest absolute Gasteiger partial charge is 0.249 e. The van der Waals surface area contributed by atoms with E-state index in [1.165, 1.54) is 12.1 Å². The molecule has 2 heterocycles. The summed E-state index contributed by atoms with van der Waals surface area (Å²) in [4.78, 5) is 28.2. The standard InChI is InChI=1S/C18H21FN2O3/c19-14-3-1-2-13(6-14)8-21-15-9-20(17(22)7-12-4-5-12)10-16(15)24-11-18(21)23/h1-3,6,12,15-16H,4-5,7-11H2/t15-,16-/m1/s1.